The van der Waals surface area contributed by atoms with Crippen molar-refractivity contribution in [3.8, 4) is 16.9 Å². The van der Waals surface area contributed by atoms with Crippen molar-refractivity contribution >= 4 is 17.4 Å². The molecule has 0 radical (unpaired) electrons. The standard InChI is InChI=1S/C25H26ClF2N3O/c26-24-14-30-25(31-21-6-4-16(13-29)5-7-21)12-23(24)18-2-1-3-22(10-18)32-15-17-8-19(27)11-20(28)9-17/h1-3,8-12,14,16,21H,4-7,13,15,29H2,(H,30,31). The largest absolute Gasteiger partial charge is 0.489 e. The van der Waals surface area contributed by atoms with Crippen LogP contribution in [0.5, 0.6) is 5.75 Å². The van der Waals surface area contributed by atoms with E-state index in [1.165, 1.54) is 12.1 Å². The molecule has 1 heterocycles. The average molecular weight is 458 g/mol. The Labute approximate surface area is 191 Å². The van der Waals surface area contributed by atoms with Crippen LogP contribution in [0, 0.1) is 17.6 Å². The Bertz CT molecular complexity index is 1050. The number of aromatic nitrogens is 1. The fourth-order valence-corrected chi connectivity index (χ4v) is 4.32. The van der Waals surface area contributed by atoms with Gasteiger partial charge in [0.25, 0.3) is 0 Å². The van der Waals surface area contributed by atoms with Gasteiger partial charge in [-0.25, -0.2) is 13.8 Å². The molecular weight excluding hydrogens is 432 g/mol. The first-order valence-corrected chi connectivity index (χ1v) is 11.2. The summed E-state index contributed by atoms with van der Waals surface area (Å²) < 4.78 is 32.6. The molecule has 0 saturated heterocycles. The number of nitrogens with two attached hydrogens (primary N) is 1. The van der Waals surface area contributed by atoms with Gasteiger partial charge in [-0.2, -0.15) is 0 Å². The van der Waals surface area contributed by atoms with Crippen molar-refractivity contribution in [2.75, 3.05) is 11.9 Å². The van der Waals surface area contributed by atoms with E-state index in [0.717, 1.165) is 55.2 Å². The van der Waals surface area contributed by atoms with Gasteiger partial charge in [0.15, 0.2) is 0 Å². The van der Waals surface area contributed by atoms with Crippen LogP contribution >= 0.6 is 11.6 Å². The monoisotopic (exact) mass is 457 g/mol. The van der Waals surface area contributed by atoms with Gasteiger partial charge in [0.2, 0.25) is 0 Å². The van der Waals surface area contributed by atoms with Crippen LogP contribution in [-0.4, -0.2) is 17.6 Å². The Morgan fingerprint density at radius 2 is 1.78 bits per heavy atom. The predicted molar refractivity (Wildman–Crippen MR) is 124 cm³/mol. The Hall–Kier alpha value is -2.70. The molecule has 4 rings (SSSR count). The molecule has 0 spiro atoms. The van der Waals surface area contributed by atoms with Crippen LogP contribution in [0.3, 0.4) is 0 Å². The maximum atomic E-state index is 13.4. The second-order valence-corrected chi connectivity index (χ2v) is 8.65. The molecule has 32 heavy (non-hydrogen) atoms. The molecule has 3 aromatic rings. The summed E-state index contributed by atoms with van der Waals surface area (Å²) >= 11 is 6.44. The topological polar surface area (TPSA) is 60.2 Å². The molecule has 4 nitrogen and oxygen atoms in total. The van der Waals surface area contributed by atoms with Crippen LogP contribution in [0.1, 0.15) is 31.2 Å². The second kappa shape index (κ2) is 10.3. The van der Waals surface area contributed by atoms with E-state index < -0.39 is 11.6 Å². The van der Waals surface area contributed by atoms with Gasteiger partial charge >= 0.3 is 0 Å². The lowest BCUT2D eigenvalue weighted by molar-refractivity contribution is 0.305. The summed E-state index contributed by atoms with van der Waals surface area (Å²) in [5.41, 5.74) is 7.92. The van der Waals surface area contributed by atoms with Crippen molar-refractivity contribution in [3.63, 3.8) is 0 Å². The van der Waals surface area contributed by atoms with Crippen LogP contribution in [-0.2, 0) is 6.61 Å². The average Bonchev–Trinajstić information content (AvgIpc) is 2.79. The van der Waals surface area contributed by atoms with E-state index >= 15 is 0 Å². The zero-order chi connectivity index (χ0) is 22.5. The first-order chi connectivity index (χ1) is 15.5. The van der Waals surface area contributed by atoms with Gasteiger partial charge in [0.05, 0.1) is 5.02 Å². The number of halogens is 3. The molecule has 0 bridgehead atoms. The normalized spacial score (nSPS) is 18.4. The lowest BCUT2D eigenvalue weighted by Gasteiger charge is -2.28. The van der Waals surface area contributed by atoms with Gasteiger partial charge in [-0.3, -0.25) is 0 Å². The summed E-state index contributed by atoms with van der Waals surface area (Å²) in [6, 6.07) is 13.1. The molecule has 3 N–H and O–H groups in total. The molecule has 0 atom stereocenters. The number of nitrogens with zero attached hydrogens (tertiary/aromatic N) is 1. The molecule has 7 heteroatoms. The van der Waals surface area contributed by atoms with Crippen molar-refractivity contribution < 1.29 is 13.5 Å². The number of rotatable bonds is 7. The van der Waals surface area contributed by atoms with E-state index in [1.807, 2.05) is 24.3 Å². The van der Waals surface area contributed by atoms with Crippen molar-refractivity contribution in [2.24, 2.45) is 11.7 Å². The number of pyridine rings is 1. The highest BCUT2D eigenvalue weighted by molar-refractivity contribution is 6.33. The highest BCUT2D eigenvalue weighted by atomic mass is 35.5. The summed E-state index contributed by atoms with van der Waals surface area (Å²) in [6.45, 7) is 0.809. The van der Waals surface area contributed by atoms with Gasteiger partial charge in [0.1, 0.15) is 29.8 Å². The molecule has 2 aromatic carbocycles. The Kier molecular flexibility index (Phi) is 7.22. The Morgan fingerprint density at radius 1 is 1.03 bits per heavy atom. The highest BCUT2D eigenvalue weighted by Gasteiger charge is 2.20. The summed E-state index contributed by atoms with van der Waals surface area (Å²) in [4.78, 5) is 4.44. The third-order valence-electron chi connectivity index (χ3n) is 5.86. The zero-order valence-corrected chi connectivity index (χ0v) is 18.4. The Balaban J connectivity index is 1.46. The van der Waals surface area contributed by atoms with Crippen LogP contribution < -0.4 is 15.8 Å². The lowest BCUT2D eigenvalue weighted by atomic mass is 9.86. The van der Waals surface area contributed by atoms with E-state index in [4.69, 9.17) is 22.1 Å². The predicted octanol–water partition coefficient (Wildman–Crippen LogP) is 6.19. The first kappa shape index (κ1) is 22.5. The number of anilines is 1. The van der Waals surface area contributed by atoms with Gasteiger partial charge in [-0.05, 0) is 79.6 Å². The molecule has 0 amide bonds. The first-order valence-electron chi connectivity index (χ1n) is 10.8. The highest BCUT2D eigenvalue weighted by Crippen LogP contribution is 2.33. The van der Waals surface area contributed by atoms with Crippen molar-refractivity contribution in [1.82, 2.24) is 4.98 Å². The van der Waals surface area contributed by atoms with E-state index in [0.29, 0.717) is 28.3 Å². The van der Waals surface area contributed by atoms with Gasteiger partial charge in [-0.15, -0.1) is 0 Å². The zero-order valence-electron chi connectivity index (χ0n) is 17.7. The minimum absolute atomic E-state index is 0.0560. The van der Waals surface area contributed by atoms with Crippen molar-refractivity contribution in [1.29, 1.82) is 0 Å². The fraction of sp³-hybridized carbons (Fsp3) is 0.320. The second-order valence-electron chi connectivity index (χ2n) is 8.24. The number of ether oxygens (including phenoxy) is 1. The lowest BCUT2D eigenvalue weighted by Crippen LogP contribution is -2.29. The molecule has 1 fully saturated rings. The summed E-state index contributed by atoms with van der Waals surface area (Å²) in [5.74, 6) is 0.722. The summed E-state index contributed by atoms with van der Waals surface area (Å²) in [7, 11) is 0. The smallest absolute Gasteiger partial charge is 0.126 e. The van der Waals surface area contributed by atoms with Crippen LogP contribution in [0.4, 0.5) is 14.6 Å². The third kappa shape index (κ3) is 5.75. The molecule has 1 aliphatic rings. The van der Waals surface area contributed by atoms with E-state index in [-0.39, 0.29) is 6.61 Å². The molecule has 1 aliphatic carbocycles. The summed E-state index contributed by atoms with van der Waals surface area (Å²) in [5, 5.41) is 4.06. The number of hydrogen-bond acceptors (Lipinski definition) is 4. The van der Waals surface area contributed by atoms with Crippen molar-refractivity contribution in [3.05, 3.63) is 76.9 Å². The SMILES string of the molecule is NCC1CCC(Nc2cc(-c3cccc(OCc4cc(F)cc(F)c4)c3)c(Cl)cn2)CC1. The fourth-order valence-electron chi connectivity index (χ4n) is 4.10. The van der Waals surface area contributed by atoms with E-state index in [9.17, 15) is 8.78 Å². The van der Waals surface area contributed by atoms with Crippen LogP contribution in [0.15, 0.2) is 54.7 Å². The van der Waals surface area contributed by atoms with Gasteiger partial charge in [0, 0.05) is 23.9 Å². The van der Waals surface area contributed by atoms with Crippen LogP contribution in [0.2, 0.25) is 5.02 Å². The maximum absolute atomic E-state index is 13.4. The molecule has 1 aromatic heterocycles. The van der Waals surface area contributed by atoms with E-state index in [1.54, 1.807) is 12.3 Å². The van der Waals surface area contributed by atoms with Gasteiger partial charge in [-0.1, -0.05) is 23.7 Å². The number of hydrogen-bond donors (Lipinski definition) is 2. The molecule has 0 unspecified atom stereocenters. The quantitative estimate of drug-likeness (QED) is 0.444. The minimum atomic E-state index is -0.627. The molecular formula is C25H26ClF2N3O. The number of nitrogens with one attached hydrogen (secondary N) is 1. The van der Waals surface area contributed by atoms with E-state index in [2.05, 4.69) is 10.3 Å². The number of benzene rings is 2. The van der Waals surface area contributed by atoms with Crippen molar-refractivity contribution in [2.45, 2.75) is 38.3 Å². The van der Waals surface area contributed by atoms with Crippen LogP contribution in [0.25, 0.3) is 11.1 Å². The Morgan fingerprint density at radius 3 is 2.50 bits per heavy atom. The molecule has 1 saturated carbocycles. The summed E-state index contributed by atoms with van der Waals surface area (Å²) in [6.07, 6.45) is 6.05. The molecule has 168 valence electrons. The molecule has 0 aliphatic heterocycles. The third-order valence-corrected chi connectivity index (χ3v) is 6.16. The maximum Gasteiger partial charge on any atom is 0.126 e. The minimum Gasteiger partial charge on any atom is -0.489 e. The van der Waals surface area contributed by atoms with Gasteiger partial charge < -0.3 is 15.8 Å².